The van der Waals surface area contributed by atoms with E-state index in [4.69, 9.17) is 11.6 Å². The molecule has 1 aliphatic heterocycles. The summed E-state index contributed by atoms with van der Waals surface area (Å²) in [7, 11) is 0. The normalized spacial score (nSPS) is 18.4. The Kier molecular flexibility index (Phi) is 6.37. The highest BCUT2D eigenvalue weighted by molar-refractivity contribution is 6.31. The summed E-state index contributed by atoms with van der Waals surface area (Å²) in [5.41, 5.74) is 3.83. The Balaban J connectivity index is 0.00000225. The first kappa shape index (κ1) is 21.2. The quantitative estimate of drug-likeness (QED) is 0.756. The number of piperidine rings is 1. The van der Waals surface area contributed by atoms with E-state index in [1.807, 2.05) is 29.8 Å². The average molecular weight is 423 g/mol. The maximum atomic E-state index is 12.9. The molecule has 1 aromatic carbocycles. The van der Waals surface area contributed by atoms with E-state index in [0.29, 0.717) is 18.0 Å². The fourth-order valence-corrected chi connectivity index (χ4v) is 3.97. The van der Waals surface area contributed by atoms with Crippen LogP contribution in [-0.4, -0.2) is 35.3 Å². The molecular weight excluding hydrogens is 395 g/mol. The number of rotatable bonds is 5. The van der Waals surface area contributed by atoms with Crippen molar-refractivity contribution in [2.24, 2.45) is 5.41 Å². The van der Waals surface area contributed by atoms with E-state index in [1.54, 1.807) is 6.20 Å². The van der Waals surface area contributed by atoms with E-state index in [-0.39, 0.29) is 23.7 Å². The van der Waals surface area contributed by atoms with Gasteiger partial charge in [0.1, 0.15) is 0 Å². The largest absolute Gasteiger partial charge is 0.351 e. The highest BCUT2D eigenvalue weighted by atomic mass is 35.5. The molecule has 1 aromatic heterocycles. The van der Waals surface area contributed by atoms with E-state index < -0.39 is 0 Å². The third-order valence-corrected chi connectivity index (χ3v) is 6.31. The van der Waals surface area contributed by atoms with Gasteiger partial charge in [-0.05, 0) is 68.8 Å². The molecule has 1 saturated carbocycles. The van der Waals surface area contributed by atoms with Crippen LogP contribution < -0.4 is 10.6 Å². The summed E-state index contributed by atoms with van der Waals surface area (Å²) in [5.74, 6) is 0.393. The summed E-state index contributed by atoms with van der Waals surface area (Å²) in [6, 6.07) is 5.93. The molecule has 0 atom stereocenters. The number of benzene rings is 1. The lowest BCUT2D eigenvalue weighted by molar-refractivity contribution is 0.0921. The number of carbonyl (C=O) groups is 1. The third-order valence-electron chi connectivity index (χ3n) is 5.90. The number of hydrogen-bond acceptors (Lipinski definition) is 3. The van der Waals surface area contributed by atoms with Gasteiger partial charge in [0.05, 0.1) is 23.1 Å². The number of amides is 1. The van der Waals surface area contributed by atoms with Gasteiger partial charge in [0.25, 0.3) is 5.91 Å². The van der Waals surface area contributed by atoms with Gasteiger partial charge in [0.2, 0.25) is 0 Å². The Morgan fingerprint density at radius 2 is 2.07 bits per heavy atom. The SMILES string of the molecule is Cc1ccc(-n2ncc(C(=O)NCC3(C)CCNCC3)c2C2CC2)cc1Cl.Cl. The topological polar surface area (TPSA) is 59.0 Å². The summed E-state index contributed by atoms with van der Waals surface area (Å²) in [6.45, 7) is 6.99. The van der Waals surface area contributed by atoms with Gasteiger partial charge >= 0.3 is 0 Å². The minimum Gasteiger partial charge on any atom is -0.351 e. The predicted molar refractivity (Wildman–Crippen MR) is 115 cm³/mol. The monoisotopic (exact) mass is 422 g/mol. The molecule has 1 amide bonds. The van der Waals surface area contributed by atoms with Gasteiger partial charge in [0.15, 0.2) is 0 Å². The van der Waals surface area contributed by atoms with Crippen LogP contribution in [0.15, 0.2) is 24.4 Å². The third kappa shape index (κ3) is 4.37. The highest BCUT2D eigenvalue weighted by Gasteiger charge is 2.34. The van der Waals surface area contributed by atoms with Crippen molar-refractivity contribution in [3.8, 4) is 5.69 Å². The van der Waals surface area contributed by atoms with Crippen LogP contribution in [0.25, 0.3) is 5.69 Å². The van der Waals surface area contributed by atoms with Gasteiger partial charge in [-0.25, -0.2) is 4.68 Å². The Hall–Kier alpha value is -1.56. The van der Waals surface area contributed by atoms with Gasteiger partial charge in [-0.2, -0.15) is 5.10 Å². The predicted octanol–water partition coefficient (Wildman–Crippen LogP) is 4.25. The van der Waals surface area contributed by atoms with Crippen LogP contribution in [0.1, 0.15) is 60.1 Å². The first-order valence-electron chi connectivity index (χ1n) is 9.80. The molecule has 2 N–H and O–H groups in total. The van der Waals surface area contributed by atoms with Crippen molar-refractivity contribution in [3.63, 3.8) is 0 Å². The van der Waals surface area contributed by atoms with Crippen LogP contribution in [0.3, 0.4) is 0 Å². The highest BCUT2D eigenvalue weighted by Crippen LogP contribution is 2.42. The molecule has 2 heterocycles. The van der Waals surface area contributed by atoms with Crippen molar-refractivity contribution in [2.75, 3.05) is 19.6 Å². The molecule has 0 radical (unpaired) electrons. The maximum absolute atomic E-state index is 12.9. The van der Waals surface area contributed by atoms with Crippen LogP contribution in [0.2, 0.25) is 5.02 Å². The summed E-state index contributed by atoms with van der Waals surface area (Å²) in [5, 5.41) is 11.8. The van der Waals surface area contributed by atoms with E-state index in [0.717, 1.165) is 60.7 Å². The Morgan fingerprint density at radius 3 is 2.71 bits per heavy atom. The van der Waals surface area contributed by atoms with Crippen LogP contribution in [0, 0.1) is 12.3 Å². The van der Waals surface area contributed by atoms with Crippen molar-refractivity contribution in [1.82, 2.24) is 20.4 Å². The smallest absolute Gasteiger partial charge is 0.254 e. The van der Waals surface area contributed by atoms with Crippen molar-refractivity contribution in [1.29, 1.82) is 0 Å². The Bertz CT molecular complexity index is 854. The van der Waals surface area contributed by atoms with Gasteiger partial charge < -0.3 is 10.6 Å². The first-order valence-corrected chi connectivity index (χ1v) is 10.2. The second-order valence-corrected chi connectivity index (χ2v) is 8.71. The van der Waals surface area contributed by atoms with Gasteiger partial charge in [-0.1, -0.05) is 24.6 Å². The second kappa shape index (κ2) is 8.44. The Labute approximate surface area is 177 Å². The number of halogens is 2. The van der Waals surface area contributed by atoms with E-state index in [1.165, 1.54) is 0 Å². The second-order valence-electron chi connectivity index (χ2n) is 8.31. The van der Waals surface area contributed by atoms with Crippen molar-refractivity contribution in [2.45, 2.75) is 45.4 Å². The molecule has 0 spiro atoms. The average Bonchev–Trinajstić information content (AvgIpc) is 3.41. The molecule has 152 valence electrons. The lowest BCUT2D eigenvalue weighted by Gasteiger charge is -2.34. The molecule has 4 rings (SSSR count). The van der Waals surface area contributed by atoms with E-state index in [9.17, 15) is 4.79 Å². The zero-order valence-corrected chi connectivity index (χ0v) is 18.0. The van der Waals surface area contributed by atoms with Crippen LogP contribution in [-0.2, 0) is 0 Å². The van der Waals surface area contributed by atoms with Crippen LogP contribution in [0.4, 0.5) is 0 Å². The van der Waals surface area contributed by atoms with Gasteiger partial charge in [0, 0.05) is 17.5 Å². The Morgan fingerprint density at radius 1 is 1.36 bits per heavy atom. The zero-order valence-electron chi connectivity index (χ0n) is 16.4. The fraction of sp³-hybridized carbons (Fsp3) is 0.524. The number of aromatic nitrogens is 2. The van der Waals surface area contributed by atoms with Crippen molar-refractivity contribution < 1.29 is 4.79 Å². The summed E-state index contributed by atoms with van der Waals surface area (Å²) in [6.07, 6.45) is 6.10. The zero-order chi connectivity index (χ0) is 19.0. The summed E-state index contributed by atoms with van der Waals surface area (Å²) >= 11 is 6.31. The van der Waals surface area contributed by atoms with Crippen LogP contribution >= 0.6 is 24.0 Å². The van der Waals surface area contributed by atoms with Crippen LogP contribution in [0.5, 0.6) is 0 Å². The summed E-state index contributed by atoms with van der Waals surface area (Å²) < 4.78 is 1.89. The maximum Gasteiger partial charge on any atom is 0.254 e. The fourth-order valence-electron chi connectivity index (χ4n) is 3.80. The van der Waals surface area contributed by atoms with Crippen molar-refractivity contribution >= 4 is 29.9 Å². The molecule has 2 fully saturated rings. The number of hydrogen-bond donors (Lipinski definition) is 2. The number of aryl methyl sites for hydroxylation is 1. The molecule has 28 heavy (non-hydrogen) atoms. The molecule has 1 saturated heterocycles. The minimum atomic E-state index is -0.0129. The summed E-state index contributed by atoms with van der Waals surface area (Å²) in [4.78, 5) is 12.9. The molecular formula is C21H28Cl2N4O. The molecule has 5 nitrogen and oxygen atoms in total. The molecule has 2 aromatic rings. The molecule has 1 aliphatic carbocycles. The molecule has 2 aliphatic rings. The molecule has 7 heteroatoms. The number of nitrogens with one attached hydrogen (secondary N) is 2. The minimum absolute atomic E-state index is 0. The molecule has 0 unspecified atom stereocenters. The lowest BCUT2D eigenvalue weighted by atomic mass is 9.81. The first-order chi connectivity index (χ1) is 13.0. The number of carbonyl (C=O) groups excluding carboxylic acids is 1. The van der Waals surface area contributed by atoms with E-state index >= 15 is 0 Å². The van der Waals surface area contributed by atoms with Gasteiger partial charge in [-0.15, -0.1) is 12.4 Å². The lowest BCUT2D eigenvalue weighted by Crippen LogP contribution is -2.43. The van der Waals surface area contributed by atoms with Gasteiger partial charge in [-0.3, -0.25) is 4.79 Å². The van der Waals surface area contributed by atoms with Crippen molar-refractivity contribution in [3.05, 3.63) is 46.2 Å². The standard InChI is InChI=1S/C21H27ClN4O.ClH/c1-14-3-6-16(11-18(14)22)26-19(15-4-5-15)17(12-25-26)20(27)24-13-21(2)7-9-23-10-8-21;/h3,6,11-12,15,23H,4-5,7-10,13H2,1-2H3,(H,24,27);1H. The molecule has 0 bridgehead atoms. The number of nitrogens with zero attached hydrogens (tertiary/aromatic N) is 2. The van der Waals surface area contributed by atoms with E-state index in [2.05, 4.69) is 22.7 Å².